The van der Waals surface area contributed by atoms with E-state index in [4.69, 9.17) is 0 Å². The third-order valence-corrected chi connectivity index (χ3v) is 4.39. The molecule has 0 N–H and O–H groups in total. The molecule has 0 amide bonds. The predicted octanol–water partition coefficient (Wildman–Crippen LogP) is 4.60. The quantitative estimate of drug-likeness (QED) is 0.629. The van der Waals surface area contributed by atoms with Crippen LogP contribution in [0.5, 0.6) is 0 Å². The molecule has 1 aromatic carbocycles. The van der Waals surface area contributed by atoms with Gasteiger partial charge in [0.05, 0.1) is 0 Å². The van der Waals surface area contributed by atoms with Crippen molar-refractivity contribution in [3.8, 4) is 11.8 Å². The summed E-state index contributed by atoms with van der Waals surface area (Å²) in [4.78, 5) is 0. The molecule has 0 saturated heterocycles. The Balaban J connectivity index is 2.50. The Bertz CT molecular complexity index is 507. The second-order valence-corrected chi connectivity index (χ2v) is 6.75. The average Bonchev–Trinajstić information content (AvgIpc) is 2.32. The summed E-state index contributed by atoms with van der Waals surface area (Å²) in [5.41, 5.74) is 5.05. The van der Waals surface area contributed by atoms with Crippen molar-refractivity contribution in [1.82, 2.24) is 0 Å². The Hall–Kier alpha value is -1.22. The van der Waals surface area contributed by atoms with Crippen molar-refractivity contribution in [3.63, 3.8) is 0 Å². The highest BCUT2D eigenvalue weighted by atomic mass is 14.4. The molecule has 0 nitrogen and oxygen atoms in total. The van der Waals surface area contributed by atoms with Gasteiger partial charge in [-0.05, 0) is 47.3 Å². The summed E-state index contributed by atoms with van der Waals surface area (Å²) in [6.45, 7) is 11.4. The molecule has 0 atom stereocenters. The normalized spacial score (nSPS) is 19.6. The van der Waals surface area contributed by atoms with Crippen molar-refractivity contribution >= 4 is 0 Å². The van der Waals surface area contributed by atoms with E-state index in [-0.39, 0.29) is 0 Å². The van der Waals surface area contributed by atoms with Crippen LogP contribution in [0.15, 0.2) is 18.2 Å². The zero-order valence-electron chi connectivity index (χ0n) is 12.4. The maximum Gasteiger partial charge on any atom is 0.0340 e. The van der Waals surface area contributed by atoms with Crippen LogP contribution in [0.3, 0.4) is 0 Å². The van der Waals surface area contributed by atoms with Crippen LogP contribution in [0.1, 0.15) is 64.2 Å². The summed E-state index contributed by atoms with van der Waals surface area (Å²) < 4.78 is 0. The molecule has 0 fully saturated rings. The number of hydrogen-bond acceptors (Lipinski definition) is 0. The monoisotopic (exact) mass is 240 g/mol. The fourth-order valence-electron chi connectivity index (χ4n) is 2.94. The van der Waals surface area contributed by atoms with Crippen LogP contribution in [0.4, 0.5) is 0 Å². The third-order valence-electron chi connectivity index (χ3n) is 4.39. The van der Waals surface area contributed by atoms with Crippen LogP contribution in [0, 0.1) is 11.8 Å². The minimum absolute atomic E-state index is 0.306. The van der Waals surface area contributed by atoms with Gasteiger partial charge in [-0.1, -0.05) is 51.8 Å². The van der Waals surface area contributed by atoms with Crippen LogP contribution in [-0.4, -0.2) is 0 Å². The van der Waals surface area contributed by atoms with Gasteiger partial charge in [0.1, 0.15) is 0 Å². The number of benzene rings is 1. The molecule has 96 valence electrons. The van der Waals surface area contributed by atoms with Crippen molar-refractivity contribution in [2.45, 2.75) is 64.7 Å². The van der Waals surface area contributed by atoms with Gasteiger partial charge in [0.2, 0.25) is 0 Å². The Labute approximate surface area is 112 Å². The van der Waals surface area contributed by atoms with Crippen molar-refractivity contribution in [3.05, 3.63) is 34.9 Å². The smallest absolute Gasteiger partial charge is 0.0340 e. The van der Waals surface area contributed by atoms with E-state index in [0.29, 0.717) is 10.8 Å². The van der Waals surface area contributed by atoms with Crippen LogP contribution in [-0.2, 0) is 17.3 Å². The first kappa shape index (κ1) is 13.2. The zero-order chi connectivity index (χ0) is 13.4. The molecule has 2 rings (SSSR count). The minimum Gasteiger partial charge on any atom is -0.106 e. The van der Waals surface area contributed by atoms with E-state index in [2.05, 4.69) is 57.7 Å². The molecule has 0 unspecified atom stereocenters. The highest BCUT2D eigenvalue weighted by Gasteiger charge is 2.36. The molecule has 1 aliphatic carbocycles. The van der Waals surface area contributed by atoms with Gasteiger partial charge in [-0.15, -0.1) is 5.92 Å². The first-order valence-corrected chi connectivity index (χ1v) is 6.90. The van der Waals surface area contributed by atoms with E-state index >= 15 is 0 Å². The SMILES string of the molecule is CC#CCc1ccc2c(c1)C(C)(C)CCC2(C)C. The van der Waals surface area contributed by atoms with Gasteiger partial charge in [0, 0.05) is 6.42 Å². The molecular weight excluding hydrogens is 216 g/mol. The fourth-order valence-corrected chi connectivity index (χ4v) is 2.94. The van der Waals surface area contributed by atoms with E-state index in [9.17, 15) is 0 Å². The van der Waals surface area contributed by atoms with Crippen molar-refractivity contribution in [2.24, 2.45) is 0 Å². The van der Waals surface area contributed by atoms with Crippen molar-refractivity contribution < 1.29 is 0 Å². The molecule has 0 heteroatoms. The first-order chi connectivity index (χ1) is 8.37. The number of fused-ring (bicyclic) bond motifs is 1. The Morgan fingerprint density at radius 1 is 1.00 bits per heavy atom. The van der Waals surface area contributed by atoms with Crippen LogP contribution < -0.4 is 0 Å². The largest absolute Gasteiger partial charge is 0.106 e. The standard InChI is InChI=1S/C18H24/c1-6-7-8-14-9-10-15-16(13-14)18(4,5)12-11-17(15,2)3/h9-10,13H,8,11-12H2,1-5H3. The fraction of sp³-hybridized carbons (Fsp3) is 0.556. The predicted molar refractivity (Wildman–Crippen MR) is 78.9 cm³/mol. The molecule has 0 radical (unpaired) electrons. The first-order valence-electron chi connectivity index (χ1n) is 6.90. The average molecular weight is 240 g/mol. The summed E-state index contributed by atoms with van der Waals surface area (Å²) >= 11 is 0. The number of rotatable bonds is 1. The Kier molecular flexibility index (Phi) is 3.28. The van der Waals surface area contributed by atoms with Crippen molar-refractivity contribution in [1.29, 1.82) is 0 Å². The molecule has 0 bridgehead atoms. The Morgan fingerprint density at radius 2 is 1.61 bits per heavy atom. The van der Waals surface area contributed by atoms with Gasteiger partial charge in [-0.3, -0.25) is 0 Å². The van der Waals surface area contributed by atoms with Gasteiger partial charge in [-0.25, -0.2) is 0 Å². The zero-order valence-corrected chi connectivity index (χ0v) is 12.4. The van der Waals surface area contributed by atoms with Gasteiger partial charge >= 0.3 is 0 Å². The van der Waals surface area contributed by atoms with E-state index in [1.165, 1.54) is 29.5 Å². The third kappa shape index (κ3) is 2.32. The van der Waals surface area contributed by atoms with Crippen molar-refractivity contribution in [2.75, 3.05) is 0 Å². The molecule has 0 saturated carbocycles. The molecule has 0 heterocycles. The highest BCUT2D eigenvalue weighted by molar-refractivity contribution is 5.44. The van der Waals surface area contributed by atoms with E-state index in [0.717, 1.165) is 6.42 Å². The second-order valence-electron chi connectivity index (χ2n) is 6.75. The van der Waals surface area contributed by atoms with Gasteiger partial charge < -0.3 is 0 Å². The van der Waals surface area contributed by atoms with E-state index < -0.39 is 0 Å². The molecule has 1 aliphatic rings. The van der Waals surface area contributed by atoms with E-state index in [1.54, 1.807) is 0 Å². The Morgan fingerprint density at radius 3 is 2.22 bits per heavy atom. The maximum absolute atomic E-state index is 3.17. The topological polar surface area (TPSA) is 0 Å². The van der Waals surface area contributed by atoms with Gasteiger partial charge in [0.25, 0.3) is 0 Å². The summed E-state index contributed by atoms with van der Waals surface area (Å²) in [6.07, 6.45) is 3.43. The van der Waals surface area contributed by atoms with Crippen LogP contribution >= 0.6 is 0 Å². The molecule has 0 spiro atoms. The van der Waals surface area contributed by atoms with E-state index in [1.807, 2.05) is 6.92 Å². The van der Waals surface area contributed by atoms with Gasteiger partial charge in [-0.2, -0.15) is 0 Å². The number of hydrogen-bond donors (Lipinski definition) is 0. The molecule has 0 aromatic heterocycles. The second kappa shape index (κ2) is 4.47. The molecule has 1 aromatic rings. The highest BCUT2D eigenvalue weighted by Crippen LogP contribution is 2.45. The molecular formula is C18H24. The van der Waals surface area contributed by atoms with Crippen LogP contribution in [0.2, 0.25) is 0 Å². The van der Waals surface area contributed by atoms with Gasteiger partial charge in [0.15, 0.2) is 0 Å². The molecule has 0 aliphatic heterocycles. The maximum atomic E-state index is 3.17. The lowest BCUT2D eigenvalue weighted by Crippen LogP contribution is -2.33. The summed E-state index contributed by atoms with van der Waals surface area (Å²) in [5.74, 6) is 6.15. The van der Waals surface area contributed by atoms with Crippen LogP contribution in [0.25, 0.3) is 0 Å². The summed E-state index contributed by atoms with van der Waals surface area (Å²) in [5, 5.41) is 0. The lowest BCUT2D eigenvalue weighted by molar-refractivity contribution is 0.331. The molecule has 18 heavy (non-hydrogen) atoms. The minimum atomic E-state index is 0.306. The lowest BCUT2D eigenvalue weighted by Gasteiger charge is -2.42. The lowest BCUT2D eigenvalue weighted by atomic mass is 9.63. The summed E-state index contributed by atoms with van der Waals surface area (Å²) in [6, 6.07) is 6.98. The summed E-state index contributed by atoms with van der Waals surface area (Å²) in [7, 11) is 0.